The molecule has 25 heavy (non-hydrogen) atoms. The average molecular weight is 340 g/mol. The van der Waals surface area contributed by atoms with Crippen LogP contribution in [-0.4, -0.2) is 23.8 Å². The Morgan fingerprint density at radius 3 is 2.64 bits per heavy atom. The van der Waals surface area contributed by atoms with Crippen LogP contribution in [0.5, 0.6) is 0 Å². The van der Waals surface area contributed by atoms with E-state index >= 15 is 0 Å². The fourth-order valence-electron chi connectivity index (χ4n) is 2.19. The van der Waals surface area contributed by atoms with Crippen molar-refractivity contribution in [3.8, 4) is 0 Å². The van der Waals surface area contributed by atoms with Crippen molar-refractivity contribution in [3.05, 3.63) is 53.7 Å². The summed E-state index contributed by atoms with van der Waals surface area (Å²) in [5.74, 6) is 0.402. The molecule has 0 bridgehead atoms. The minimum atomic E-state index is -0.224. The van der Waals surface area contributed by atoms with E-state index in [4.69, 9.17) is 0 Å². The summed E-state index contributed by atoms with van der Waals surface area (Å²) in [6.45, 7) is 4.44. The first-order valence-electron chi connectivity index (χ1n) is 8.36. The number of amides is 2. The van der Waals surface area contributed by atoms with Crippen molar-refractivity contribution in [1.82, 2.24) is 10.3 Å². The van der Waals surface area contributed by atoms with Crippen molar-refractivity contribution in [2.24, 2.45) is 5.92 Å². The van der Waals surface area contributed by atoms with E-state index in [1.807, 2.05) is 38.1 Å². The Kier molecular flexibility index (Phi) is 6.51. The van der Waals surface area contributed by atoms with Crippen LogP contribution in [0.3, 0.4) is 0 Å². The van der Waals surface area contributed by atoms with Gasteiger partial charge in [0, 0.05) is 25.2 Å². The number of carbonyl (C=O) groups excluding carboxylic acids is 2. The summed E-state index contributed by atoms with van der Waals surface area (Å²) < 4.78 is 0. The number of anilines is 2. The first-order chi connectivity index (χ1) is 12.0. The van der Waals surface area contributed by atoms with Crippen LogP contribution < -0.4 is 16.0 Å². The number of pyridine rings is 1. The summed E-state index contributed by atoms with van der Waals surface area (Å²) in [5.41, 5.74) is 2.15. The van der Waals surface area contributed by atoms with E-state index in [1.165, 1.54) is 0 Å². The SMILES string of the molecule is CCC(C)C(=O)Nc1cccc(CNc2cccc(C(=O)NC)n2)c1. The monoisotopic (exact) mass is 340 g/mol. The largest absolute Gasteiger partial charge is 0.366 e. The molecule has 2 rings (SSSR count). The molecule has 1 aromatic carbocycles. The smallest absolute Gasteiger partial charge is 0.269 e. The number of carbonyl (C=O) groups is 2. The molecule has 0 aliphatic carbocycles. The first-order valence-corrected chi connectivity index (χ1v) is 8.36. The second-order valence-electron chi connectivity index (χ2n) is 5.84. The predicted octanol–water partition coefficient (Wildman–Crippen LogP) is 3.04. The molecular weight excluding hydrogens is 316 g/mol. The Morgan fingerprint density at radius 1 is 1.16 bits per heavy atom. The zero-order valence-electron chi connectivity index (χ0n) is 14.8. The van der Waals surface area contributed by atoms with Crippen LogP contribution in [0.1, 0.15) is 36.3 Å². The van der Waals surface area contributed by atoms with Gasteiger partial charge in [0.2, 0.25) is 5.91 Å². The van der Waals surface area contributed by atoms with Gasteiger partial charge >= 0.3 is 0 Å². The lowest BCUT2D eigenvalue weighted by atomic mass is 10.1. The molecule has 0 spiro atoms. The second kappa shape index (κ2) is 8.82. The Labute approximate surface area is 148 Å². The van der Waals surface area contributed by atoms with Gasteiger partial charge in [0.25, 0.3) is 5.91 Å². The molecule has 132 valence electrons. The van der Waals surface area contributed by atoms with Gasteiger partial charge in [-0.3, -0.25) is 9.59 Å². The standard InChI is InChI=1S/C19H24N4O2/c1-4-13(2)18(24)22-15-8-5-7-14(11-15)12-21-17-10-6-9-16(23-17)19(25)20-3/h5-11,13H,4,12H2,1-3H3,(H,20,25)(H,21,23)(H,22,24). The molecule has 0 saturated carbocycles. The summed E-state index contributed by atoms with van der Waals surface area (Å²) in [4.78, 5) is 27.9. The second-order valence-corrected chi connectivity index (χ2v) is 5.84. The predicted molar refractivity (Wildman–Crippen MR) is 99.5 cm³/mol. The zero-order valence-corrected chi connectivity index (χ0v) is 14.8. The Morgan fingerprint density at radius 2 is 1.92 bits per heavy atom. The van der Waals surface area contributed by atoms with Crippen LogP contribution in [0.4, 0.5) is 11.5 Å². The number of nitrogens with zero attached hydrogens (tertiary/aromatic N) is 1. The summed E-state index contributed by atoms with van der Waals surface area (Å²) in [6.07, 6.45) is 0.806. The summed E-state index contributed by atoms with van der Waals surface area (Å²) in [6, 6.07) is 12.9. The highest BCUT2D eigenvalue weighted by Crippen LogP contribution is 2.14. The van der Waals surface area contributed by atoms with Gasteiger partial charge in [-0.15, -0.1) is 0 Å². The van der Waals surface area contributed by atoms with E-state index in [2.05, 4.69) is 20.9 Å². The maximum absolute atomic E-state index is 12.0. The van der Waals surface area contributed by atoms with E-state index in [1.54, 1.807) is 25.2 Å². The van der Waals surface area contributed by atoms with E-state index in [0.29, 0.717) is 18.1 Å². The number of hydrogen-bond donors (Lipinski definition) is 3. The Balaban J connectivity index is 2.01. The van der Waals surface area contributed by atoms with Crippen molar-refractivity contribution < 1.29 is 9.59 Å². The van der Waals surface area contributed by atoms with Crippen molar-refractivity contribution in [2.75, 3.05) is 17.7 Å². The molecule has 3 N–H and O–H groups in total. The molecule has 0 aliphatic heterocycles. The summed E-state index contributed by atoms with van der Waals surface area (Å²) >= 11 is 0. The fourth-order valence-corrected chi connectivity index (χ4v) is 2.19. The van der Waals surface area contributed by atoms with Gasteiger partial charge in [0.05, 0.1) is 0 Å². The number of nitrogens with one attached hydrogen (secondary N) is 3. The zero-order chi connectivity index (χ0) is 18.2. The third-order valence-corrected chi connectivity index (χ3v) is 3.94. The maximum atomic E-state index is 12.0. The lowest BCUT2D eigenvalue weighted by molar-refractivity contribution is -0.119. The molecule has 1 aromatic heterocycles. The third-order valence-electron chi connectivity index (χ3n) is 3.94. The molecule has 1 unspecified atom stereocenters. The quantitative estimate of drug-likeness (QED) is 0.723. The number of aromatic nitrogens is 1. The van der Waals surface area contributed by atoms with E-state index in [9.17, 15) is 9.59 Å². The van der Waals surface area contributed by atoms with Gasteiger partial charge in [0.15, 0.2) is 0 Å². The van der Waals surface area contributed by atoms with Gasteiger partial charge in [-0.2, -0.15) is 0 Å². The van der Waals surface area contributed by atoms with Crippen molar-refractivity contribution in [3.63, 3.8) is 0 Å². The third kappa shape index (κ3) is 5.31. The normalized spacial score (nSPS) is 11.5. The van der Waals surface area contributed by atoms with Crippen LogP contribution in [0, 0.1) is 5.92 Å². The van der Waals surface area contributed by atoms with E-state index < -0.39 is 0 Å². The van der Waals surface area contributed by atoms with Crippen LogP contribution in [0.15, 0.2) is 42.5 Å². The summed E-state index contributed by atoms with van der Waals surface area (Å²) in [5, 5.41) is 8.67. The highest BCUT2D eigenvalue weighted by molar-refractivity contribution is 5.92. The van der Waals surface area contributed by atoms with E-state index in [0.717, 1.165) is 17.7 Å². The first kappa shape index (κ1) is 18.4. The Bertz CT molecular complexity index is 746. The van der Waals surface area contributed by atoms with Gasteiger partial charge in [-0.1, -0.05) is 32.0 Å². The van der Waals surface area contributed by atoms with Crippen molar-refractivity contribution >= 4 is 23.3 Å². The van der Waals surface area contributed by atoms with Gasteiger partial charge in [-0.05, 0) is 36.2 Å². The molecule has 2 amide bonds. The van der Waals surface area contributed by atoms with Gasteiger partial charge < -0.3 is 16.0 Å². The van der Waals surface area contributed by atoms with Crippen LogP contribution in [-0.2, 0) is 11.3 Å². The molecule has 6 nitrogen and oxygen atoms in total. The van der Waals surface area contributed by atoms with Gasteiger partial charge in [-0.25, -0.2) is 4.98 Å². The molecule has 6 heteroatoms. The number of rotatable bonds is 7. The topological polar surface area (TPSA) is 83.1 Å². The molecule has 0 aliphatic rings. The van der Waals surface area contributed by atoms with Crippen LogP contribution in [0.2, 0.25) is 0 Å². The van der Waals surface area contributed by atoms with Crippen molar-refractivity contribution in [1.29, 1.82) is 0 Å². The lowest BCUT2D eigenvalue weighted by Crippen LogP contribution is -2.20. The molecule has 0 saturated heterocycles. The number of hydrogen-bond acceptors (Lipinski definition) is 4. The van der Waals surface area contributed by atoms with Crippen molar-refractivity contribution in [2.45, 2.75) is 26.8 Å². The highest BCUT2D eigenvalue weighted by atomic mass is 16.2. The maximum Gasteiger partial charge on any atom is 0.269 e. The molecule has 1 heterocycles. The molecule has 1 atom stereocenters. The Hall–Kier alpha value is -2.89. The fraction of sp³-hybridized carbons (Fsp3) is 0.316. The van der Waals surface area contributed by atoms with Gasteiger partial charge in [0.1, 0.15) is 11.5 Å². The number of benzene rings is 1. The van der Waals surface area contributed by atoms with Crippen LogP contribution >= 0.6 is 0 Å². The molecular formula is C19H24N4O2. The summed E-state index contributed by atoms with van der Waals surface area (Å²) in [7, 11) is 1.57. The van der Waals surface area contributed by atoms with E-state index in [-0.39, 0.29) is 17.7 Å². The minimum Gasteiger partial charge on any atom is -0.366 e. The lowest BCUT2D eigenvalue weighted by Gasteiger charge is -2.12. The molecule has 0 fully saturated rings. The average Bonchev–Trinajstić information content (AvgIpc) is 2.65. The molecule has 0 radical (unpaired) electrons. The highest BCUT2D eigenvalue weighted by Gasteiger charge is 2.10. The molecule has 2 aromatic rings. The minimum absolute atomic E-state index is 0.0153. The van der Waals surface area contributed by atoms with Crippen LogP contribution in [0.25, 0.3) is 0 Å².